The fourth-order valence-electron chi connectivity index (χ4n) is 1.93. The Bertz CT molecular complexity index is 421. The maximum Gasteiger partial charge on any atom is 0.240 e. The van der Waals surface area contributed by atoms with Crippen LogP contribution in [0.4, 0.5) is 10.1 Å². The van der Waals surface area contributed by atoms with Crippen LogP contribution in [-0.2, 0) is 11.2 Å². The Morgan fingerprint density at radius 1 is 1.62 bits per heavy atom. The van der Waals surface area contributed by atoms with Gasteiger partial charge in [-0.3, -0.25) is 4.79 Å². The van der Waals surface area contributed by atoms with Crippen molar-refractivity contribution in [3.05, 3.63) is 29.6 Å². The number of hydrogen-bond donors (Lipinski definition) is 0. The predicted molar refractivity (Wildman–Crippen MR) is 65.5 cm³/mol. The molecule has 2 rings (SSSR count). The molecular weight excluding hydrogens is 273 g/mol. The lowest BCUT2D eigenvalue weighted by molar-refractivity contribution is -0.117. The predicted octanol–water partition coefficient (Wildman–Crippen LogP) is 2.89. The summed E-state index contributed by atoms with van der Waals surface area (Å²) in [6, 6.07) is 4.64. The maximum atomic E-state index is 13.1. The highest BCUT2D eigenvalue weighted by Crippen LogP contribution is 2.30. The van der Waals surface area contributed by atoms with E-state index in [1.807, 2.05) is 6.92 Å². The van der Waals surface area contributed by atoms with Gasteiger partial charge < -0.3 is 4.90 Å². The fourth-order valence-corrected chi connectivity index (χ4v) is 2.17. The van der Waals surface area contributed by atoms with Gasteiger partial charge >= 0.3 is 0 Å². The molecule has 86 valence electrons. The molecule has 0 saturated carbocycles. The molecule has 0 aromatic heterocycles. The van der Waals surface area contributed by atoms with Crippen LogP contribution in [0.3, 0.4) is 0 Å². The zero-order valence-corrected chi connectivity index (χ0v) is 10.6. The average Bonchev–Trinajstić information content (AvgIpc) is 2.69. The van der Waals surface area contributed by atoms with Crippen molar-refractivity contribution in [3.8, 4) is 0 Å². The number of rotatable bonds is 2. The molecule has 1 aliphatic heterocycles. The van der Waals surface area contributed by atoms with Crippen LogP contribution in [-0.4, -0.2) is 17.3 Å². The molecule has 0 spiro atoms. The summed E-state index contributed by atoms with van der Waals surface area (Å²) in [7, 11) is 0. The van der Waals surface area contributed by atoms with Gasteiger partial charge in [0.25, 0.3) is 0 Å². The molecule has 0 aliphatic carbocycles. The zero-order chi connectivity index (χ0) is 11.7. The van der Waals surface area contributed by atoms with Crippen LogP contribution in [0, 0.1) is 5.82 Å². The van der Waals surface area contributed by atoms with E-state index >= 15 is 0 Å². The number of benzene rings is 1. The normalized spacial score (nSPS) is 16.1. The van der Waals surface area contributed by atoms with Gasteiger partial charge in [0, 0.05) is 12.2 Å². The molecule has 1 atom stereocenters. The van der Waals surface area contributed by atoms with Gasteiger partial charge in [-0.1, -0.05) is 28.9 Å². The summed E-state index contributed by atoms with van der Waals surface area (Å²) in [5.41, 5.74) is 1.77. The van der Waals surface area contributed by atoms with E-state index in [0.717, 1.165) is 24.1 Å². The minimum absolute atomic E-state index is 0.0202. The lowest BCUT2D eigenvalue weighted by atomic mass is 10.1. The molecule has 0 N–H and O–H groups in total. The summed E-state index contributed by atoms with van der Waals surface area (Å²) in [6.45, 7) is 2.60. The second-order valence-electron chi connectivity index (χ2n) is 3.89. The third kappa shape index (κ3) is 1.98. The molecule has 1 aromatic rings. The first kappa shape index (κ1) is 11.6. The van der Waals surface area contributed by atoms with Crippen molar-refractivity contribution in [1.29, 1.82) is 0 Å². The maximum absolute atomic E-state index is 13.1. The minimum Gasteiger partial charge on any atom is -0.311 e. The first-order valence-corrected chi connectivity index (χ1v) is 6.29. The lowest BCUT2D eigenvalue weighted by Gasteiger charge is -2.19. The number of amides is 1. The molecule has 0 saturated heterocycles. The molecule has 4 heteroatoms. The summed E-state index contributed by atoms with van der Waals surface area (Å²) in [6.07, 6.45) is 1.55. The molecular formula is C12H13BrFNO. The Kier molecular flexibility index (Phi) is 3.28. The van der Waals surface area contributed by atoms with Gasteiger partial charge in [0.05, 0.1) is 4.83 Å². The molecule has 1 aliphatic rings. The third-order valence-corrected chi connectivity index (χ3v) is 3.87. The Balaban J connectivity index is 2.29. The van der Waals surface area contributed by atoms with E-state index in [9.17, 15) is 9.18 Å². The van der Waals surface area contributed by atoms with Crippen molar-refractivity contribution in [2.24, 2.45) is 0 Å². The molecule has 1 amide bonds. The van der Waals surface area contributed by atoms with Crippen molar-refractivity contribution >= 4 is 27.5 Å². The summed E-state index contributed by atoms with van der Waals surface area (Å²) in [4.78, 5) is 13.5. The molecule has 1 heterocycles. The second kappa shape index (κ2) is 4.53. The summed E-state index contributed by atoms with van der Waals surface area (Å²) in [5, 5.41) is 0. The molecule has 0 fully saturated rings. The van der Waals surface area contributed by atoms with Crippen molar-refractivity contribution in [2.45, 2.75) is 24.6 Å². The summed E-state index contributed by atoms with van der Waals surface area (Å²) < 4.78 is 13.1. The number of carbonyl (C=O) groups excluding carboxylic acids is 1. The van der Waals surface area contributed by atoms with E-state index < -0.39 is 0 Å². The highest BCUT2D eigenvalue weighted by Gasteiger charge is 2.28. The van der Waals surface area contributed by atoms with Gasteiger partial charge in [0.2, 0.25) is 5.91 Å². The topological polar surface area (TPSA) is 20.3 Å². The fraction of sp³-hybridized carbons (Fsp3) is 0.417. The standard InChI is InChI=1S/C12H13BrFNO/c1-2-10(13)12(16)15-6-5-8-3-4-9(14)7-11(8)15/h3-4,7,10H,2,5-6H2,1H3. The van der Waals surface area contributed by atoms with E-state index in [2.05, 4.69) is 15.9 Å². The Hall–Kier alpha value is -0.900. The first-order valence-electron chi connectivity index (χ1n) is 5.37. The van der Waals surface area contributed by atoms with E-state index in [1.54, 1.807) is 11.0 Å². The largest absolute Gasteiger partial charge is 0.311 e. The van der Waals surface area contributed by atoms with Crippen molar-refractivity contribution in [1.82, 2.24) is 0 Å². The Morgan fingerprint density at radius 2 is 2.38 bits per heavy atom. The van der Waals surface area contributed by atoms with Gasteiger partial charge in [-0.15, -0.1) is 0 Å². The number of fused-ring (bicyclic) bond motifs is 1. The van der Waals surface area contributed by atoms with Crippen LogP contribution >= 0.6 is 15.9 Å². The quantitative estimate of drug-likeness (QED) is 0.765. The van der Waals surface area contributed by atoms with Crippen LogP contribution in [0.25, 0.3) is 0 Å². The Labute approximate surface area is 103 Å². The van der Waals surface area contributed by atoms with Crippen LogP contribution in [0.1, 0.15) is 18.9 Å². The van der Waals surface area contributed by atoms with Crippen molar-refractivity contribution in [3.63, 3.8) is 0 Å². The van der Waals surface area contributed by atoms with Crippen LogP contribution < -0.4 is 4.90 Å². The molecule has 0 bridgehead atoms. The molecule has 1 unspecified atom stereocenters. The number of alkyl halides is 1. The van der Waals surface area contributed by atoms with Gasteiger partial charge in [0.1, 0.15) is 5.82 Å². The van der Waals surface area contributed by atoms with E-state index in [0.29, 0.717) is 6.54 Å². The highest BCUT2D eigenvalue weighted by atomic mass is 79.9. The number of hydrogen-bond acceptors (Lipinski definition) is 1. The van der Waals surface area contributed by atoms with Gasteiger partial charge in [-0.05, 0) is 30.5 Å². The number of anilines is 1. The highest BCUT2D eigenvalue weighted by molar-refractivity contribution is 9.10. The zero-order valence-electron chi connectivity index (χ0n) is 9.04. The van der Waals surface area contributed by atoms with E-state index in [4.69, 9.17) is 0 Å². The second-order valence-corrected chi connectivity index (χ2v) is 4.99. The third-order valence-electron chi connectivity index (χ3n) is 2.84. The van der Waals surface area contributed by atoms with Crippen LogP contribution in [0.2, 0.25) is 0 Å². The van der Waals surface area contributed by atoms with Crippen LogP contribution in [0.15, 0.2) is 18.2 Å². The molecule has 1 aromatic carbocycles. The summed E-state index contributed by atoms with van der Waals surface area (Å²) >= 11 is 3.34. The van der Waals surface area contributed by atoms with Crippen molar-refractivity contribution in [2.75, 3.05) is 11.4 Å². The Morgan fingerprint density at radius 3 is 3.06 bits per heavy atom. The number of carbonyl (C=O) groups is 1. The first-order chi connectivity index (χ1) is 7.63. The van der Waals surface area contributed by atoms with Crippen molar-refractivity contribution < 1.29 is 9.18 Å². The number of halogens is 2. The van der Waals surface area contributed by atoms with Gasteiger partial charge in [-0.25, -0.2) is 4.39 Å². The SMILES string of the molecule is CCC(Br)C(=O)N1CCc2ccc(F)cc21. The monoisotopic (exact) mass is 285 g/mol. The average molecular weight is 286 g/mol. The van der Waals surface area contributed by atoms with Gasteiger partial charge in [0.15, 0.2) is 0 Å². The lowest BCUT2D eigenvalue weighted by Crippen LogP contribution is -2.35. The van der Waals surface area contributed by atoms with Crippen LogP contribution in [0.5, 0.6) is 0 Å². The number of nitrogens with zero attached hydrogens (tertiary/aromatic N) is 1. The molecule has 2 nitrogen and oxygen atoms in total. The van der Waals surface area contributed by atoms with E-state index in [1.165, 1.54) is 12.1 Å². The van der Waals surface area contributed by atoms with E-state index in [-0.39, 0.29) is 16.6 Å². The smallest absolute Gasteiger partial charge is 0.240 e. The minimum atomic E-state index is -0.291. The van der Waals surface area contributed by atoms with Gasteiger partial charge in [-0.2, -0.15) is 0 Å². The summed E-state index contributed by atoms with van der Waals surface area (Å²) in [5.74, 6) is -0.270. The molecule has 16 heavy (non-hydrogen) atoms. The molecule has 0 radical (unpaired) electrons.